The van der Waals surface area contributed by atoms with Crippen LogP contribution in [0.4, 0.5) is 0 Å². The maximum Gasteiger partial charge on any atom is 0.230 e. The molecule has 2 heterocycles. The van der Waals surface area contributed by atoms with Crippen LogP contribution in [-0.2, 0) is 11.3 Å². The monoisotopic (exact) mass is 267 g/mol. The number of hydrogen-bond acceptors (Lipinski definition) is 5. The predicted molar refractivity (Wildman–Crippen MR) is 69.8 cm³/mol. The highest BCUT2D eigenvalue weighted by Crippen LogP contribution is 2.33. The summed E-state index contributed by atoms with van der Waals surface area (Å²) in [4.78, 5) is 12.2. The SMILES string of the molecule is CC(C)(C(=O)NCc1nn[nH]n1)C1=CCSCC1. The second-order valence-electron chi connectivity index (χ2n) is 4.69. The van der Waals surface area contributed by atoms with Gasteiger partial charge in [0.15, 0.2) is 5.82 Å². The van der Waals surface area contributed by atoms with E-state index in [1.54, 1.807) is 0 Å². The third kappa shape index (κ3) is 2.90. The molecule has 7 heteroatoms. The molecule has 6 nitrogen and oxygen atoms in total. The van der Waals surface area contributed by atoms with Crippen LogP contribution in [0, 0.1) is 5.41 Å². The van der Waals surface area contributed by atoms with Crippen LogP contribution in [0.25, 0.3) is 0 Å². The van der Waals surface area contributed by atoms with Crippen LogP contribution in [0.2, 0.25) is 0 Å². The normalized spacial score (nSPS) is 16.2. The molecular formula is C11H17N5OS. The Balaban J connectivity index is 1.96. The van der Waals surface area contributed by atoms with Gasteiger partial charge in [-0.2, -0.15) is 17.0 Å². The highest BCUT2D eigenvalue weighted by Gasteiger charge is 2.32. The van der Waals surface area contributed by atoms with E-state index in [1.807, 2.05) is 25.6 Å². The molecule has 0 atom stereocenters. The lowest BCUT2D eigenvalue weighted by atomic mass is 9.81. The first kappa shape index (κ1) is 13.1. The van der Waals surface area contributed by atoms with E-state index < -0.39 is 5.41 Å². The number of aromatic nitrogens is 4. The molecule has 2 N–H and O–H groups in total. The molecule has 1 aromatic rings. The summed E-state index contributed by atoms with van der Waals surface area (Å²) in [6.07, 6.45) is 3.15. The largest absolute Gasteiger partial charge is 0.348 e. The second kappa shape index (κ2) is 5.51. The Morgan fingerprint density at radius 3 is 3.06 bits per heavy atom. The molecule has 1 aliphatic heterocycles. The van der Waals surface area contributed by atoms with Gasteiger partial charge in [0, 0.05) is 5.75 Å². The van der Waals surface area contributed by atoms with E-state index in [0.717, 1.165) is 17.9 Å². The number of thioether (sulfide) groups is 1. The van der Waals surface area contributed by atoms with Gasteiger partial charge in [0.05, 0.1) is 12.0 Å². The van der Waals surface area contributed by atoms with Crippen LogP contribution in [0.15, 0.2) is 11.6 Å². The molecule has 0 spiro atoms. The van der Waals surface area contributed by atoms with Crippen molar-refractivity contribution in [2.45, 2.75) is 26.8 Å². The average Bonchev–Trinajstić information content (AvgIpc) is 2.90. The van der Waals surface area contributed by atoms with E-state index in [-0.39, 0.29) is 5.91 Å². The van der Waals surface area contributed by atoms with Crippen LogP contribution in [-0.4, -0.2) is 38.0 Å². The number of carbonyl (C=O) groups excluding carboxylic acids is 1. The standard InChI is InChI=1S/C11H17N5OS/c1-11(2,8-3-5-18-6-4-8)10(17)12-7-9-13-15-16-14-9/h3H,4-7H2,1-2H3,(H,12,17)(H,13,14,15,16). The zero-order chi connectivity index (χ0) is 13.0. The molecule has 1 aliphatic rings. The number of rotatable bonds is 4. The highest BCUT2D eigenvalue weighted by molar-refractivity contribution is 7.99. The summed E-state index contributed by atoms with van der Waals surface area (Å²) in [5.74, 6) is 2.59. The zero-order valence-electron chi connectivity index (χ0n) is 10.6. The van der Waals surface area contributed by atoms with Gasteiger partial charge in [0.25, 0.3) is 0 Å². The van der Waals surface area contributed by atoms with Gasteiger partial charge < -0.3 is 5.32 Å². The third-order valence-corrected chi connectivity index (χ3v) is 4.03. The molecule has 0 bridgehead atoms. The first-order valence-electron chi connectivity index (χ1n) is 5.88. The molecule has 0 saturated carbocycles. The quantitative estimate of drug-likeness (QED) is 0.792. The van der Waals surface area contributed by atoms with Gasteiger partial charge in [0.1, 0.15) is 0 Å². The van der Waals surface area contributed by atoms with Gasteiger partial charge in [-0.1, -0.05) is 16.9 Å². The summed E-state index contributed by atoms with van der Waals surface area (Å²) < 4.78 is 0. The minimum Gasteiger partial charge on any atom is -0.348 e. The number of nitrogens with zero attached hydrogens (tertiary/aromatic N) is 3. The van der Waals surface area contributed by atoms with Gasteiger partial charge in [-0.3, -0.25) is 4.79 Å². The molecule has 0 radical (unpaired) electrons. The van der Waals surface area contributed by atoms with Crippen molar-refractivity contribution in [2.24, 2.45) is 5.41 Å². The van der Waals surface area contributed by atoms with Gasteiger partial charge in [-0.15, -0.1) is 10.2 Å². The molecular weight excluding hydrogens is 250 g/mol. The van der Waals surface area contributed by atoms with Crippen molar-refractivity contribution in [2.75, 3.05) is 11.5 Å². The van der Waals surface area contributed by atoms with Gasteiger partial charge in [-0.25, -0.2) is 0 Å². The molecule has 98 valence electrons. The van der Waals surface area contributed by atoms with Crippen LogP contribution >= 0.6 is 11.8 Å². The fourth-order valence-electron chi connectivity index (χ4n) is 1.88. The summed E-state index contributed by atoms with van der Waals surface area (Å²) >= 11 is 1.90. The molecule has 1 aromatic heterocycles. The van der Waals surface area contributed by atoms with Crippen LogP contribution in [0.1, 0.15) is 26.1 Å². The van der Waals surface area contributed by atoms with Crippen molar-refractivity contribution in [3.8, 4) is 0 Å². The molecule has 0 aliphatic carbocycles. The summed E-state index contributed by atoms with van der Waals surface area (Å²) in [6, 6.07) is 0. The van der Waals surface area contributed by atoms with Crippen LogP contribution in [0.5, 0.6) is 0 Å². The first-order chi connectivity index (χ1) is 8.60. The van der Waals surface area contributed by atoms with Gasteiger partial charge >= 0.3 is 0 Å². The first-order valence-corrected chi connectivity index (χ1v) is 7.04. The number of hydrogen-bond donors (Lipinski definition) is 2. The number of aromatic amines is 1. The molecule has 0 fully saturated rings. The van der Waals surface area contributed by atoms with E-state index in [0.29, 0.717) is 12.4 Å². The van der Waals surface area contributed by atoms with E-state index in [1.165, 1.54) is 5.57 Å². The Morgan fingerprint density at radius 1 is 1.61 bits per heavy atom. The van der Waals surface area contributed by atoms with Crippen molar-refractivity contribution in [3.63, 3.8) is 0 Å². The Hall–Kier alpha value is -1.37. The number of nitrogens with one attached hydrogen (secondary N) is 2. The van der Waals surface area contributed by atoms with E-state index in [9.17, 15) is 4.79 Å². The van der Waals surface area contributed by atoms with Gasteiger partial charge in [0.2, 0.25) is 5.91 Å². The van der Waals surface area contributed by atoms with Crippen molar-refractivity contribution < 1.29 is 4.79 Å². The Bertz CT molecular complexity index is 440. The summed E-state index contributed by atoms with van der Waals surface area (Å²) in [7, 11) is 0. The van der Waals surface area contributed by atoms with Crippen molar-refractivity contribution in [1.82, 2.24) is 25.9 Å². The maximum absolute atomic E-state index is 12.2. The molecule has 18 heavy (non-hydrogen) atoms. The number of H-pyrrole nitrogens is 1. The third-order valence-electron chi connectivity index (χ3n) is 3.13. The predicted octanol–water partition coefficient (Wildman–Crippen LogP) is 0.905. The van der Waals surface area contributed by atoms with Crippen LogP contribution < -0.4 is 5.32 Å². The number of amides is 1. The lowest BCUT2D eigenvalue weighted by Gasteiger charge is -2.28. The van der Waals surface area contributed by atoms with Crippen LogP contribution in [0.3, 0.4) is 0 Å². The molecule has 1 amide bonds. The Kier molecular flexibility index (Phi) is 4.00. The number of tetrazole rings is 1. The number of carbonyl (C=O) groups is 1. The topological polar surface area (TPSA) is 83.6 Å². The minimum absolute atomic E-state index is 0.00505. The second-order valence-corrected chi connectivity index (χ2v) is 5.84. The van der Waals surface area contributed by atoms with E-state index >= 15 is 0 Å². The summed E-state index contributed by atoms with van der Waals surface area (Å²) in [6.45, 7) is 4.22. The average molecular weight is 267 g/mol. The molecule has 0 aromatic carbocycles. The Morgan fingerprint density at radius 2 is 2.44 bits per heavy atom. The maximum atomic E-state index is 12.2. The van der Waals surface area contributed by atoms with Crippen molar-refractivity contribution in [3.05, 3.63) is 17.5 Å². The summed E-state index contributed by atoms with van der Waals surface area (Å²) in [5.41, 5.74) is 0.747. The zero-order valence-corrected chi connectivity index (χ0v) is 11.4. The van der Waals surface area contributed by atoms with Crippen molar-refractivity contribution >= 4 is 17.7 Å². The molecule has 2 rings (SSSR count). The highest BCUT2D eigenvalue weighted by atomic mass is 32.2. The van der Waals surface area contributed by atoms with E-state index in [4.69, 9.17) is 0 Å². The summed E-state index contributed by atoms with van der Waals surface area (Å²) in [5, 5.41) is 16.3. The smallest absolute Gasteiger partial charge is 0.230 e. The Labute approximate surface area is 110 Å². The van der Waals surface area contributed by atoms with Crippen molar-refractivity contribution in [1.29, 1.82) is 0 Å². The minimum atomic E-state index is -0.468. The molecule has 0 unspecified atom stereocenters. The fraction of sp³-hybridized carbons (Fsp3) is 0.636. The molecule has 0 saturated heterocycles. The lowest BCUT2D eigenvalue weighted by Crippen LogP contribution is -2.38. The van der Waals surface area contributed by atoms with E-state index in [2.05, 4.69) is 32.0 Å². The van der Waals surface area contributed by atoms with Gasteiger partial charge in [-0.05, 0) is 26.0 Å². The fourth-order valence-corrected chi connectivity index (χ4v) is 2.73. The lowest BCUT2D eigenvalue weighted by molar-refractivity contribution is -0.127.